The van der Waals surface area contributed by atoms with E-state index in [1.54, 1.807) is 26.0 Å². The van der Waals surface area contributed by atoms with Gasteiger partial charge < -0.3 is 9.88 Å². The summed E-state index contributed by atoms with van der Waals surface area (Å²) in [5.41, 5.74) is 12.2. The van der Waals surface area contributed by atoms with E-state index >= 15 is 0 Å². The lowest BCUT2D eigenvalue weighted by molar-refractivity contribution is 0.100. The maximum atomic E-state index is 11.6. The van der Waals surface area contributed by atoms with Crippen LogP contribution in [0.3, 0.4) is 0 Å². The van der Waals surface area contributed by atoms with Gasteiger partial charge in [-0.2, -0.15) is 0 Å². The number of Topliss-reactive ketones (excluding diaryl/α,β-unsaturated/α-hetero) is 2. The molecule has 1 N–H and O–H groups in total. The number of halogens is 2. The molecule has 0 radical (unpaired) electrons. The highest BCUT2D eigenvalue weighted by molar-refractivity contribution is 6.58. The Kier molecular flexibility index (Phi) is 10.5. The Labute approximate surface area is 286 Å². The third-order valence-corrected chi connectivity index (χ3v) is 8.81. The molecule has 1 heterocycles. The SMILES string of the molecule is CC(=O)c1ccc(-n2c(-c3ccccc3C)c(C)c3ccccc32)cc1.CC(=O)c1ccc(Nc2ccccc2C(C)=C(Cl)Cl)cc1. The summed E-state index contributed by atoms with van der Waals surface area (Å²) in [6.45, 7) is 9.35. The van der Waals surface area contributed by atoms with Gasteiger partial charge >= 0.3 is 0 Å². The molecule has 5 aromatic carbocycles. The van der Waals surface area contributed by atoms with Crippen LogP contribution in [0.5, 0.6) is 0 Å². The molecule has 0 fully saturated rings. The Bertz CT molecular complexity index is 2100. The first-order valence-electron chi connectivity index (χ1n) is 15.3. The standard InChI is InChI=1S/C24H21NO.C17H15Cl2NO/c1-16-8-4-5-9-21(16)24-17(2)22-10-6-7-11-23(22)25(24)20-14-12-19(13-15-20)18(3)26;1-11(17(18)19)15-5-3-4-6-16(15)20-14-9-7-13(8-10-14)12(2)21/h4-15H,1-3H3;3-10,20H,1-2H3. The van der Waals surface area contributed by atoms with Crippen molar-refractivity contribution in [3.05, 3.63) is 154 Å². The first-order valence-corrected chi connectivity index (χ1v) is 16.1. The third-order valence-electron chi connectivity index (χ3n) is 8.24. The van der Waals surface area contributed by atoms with Crippen LogP contribution >= 0.6 is 23.2 Å². The zero-order valence-corrected chi connectivity index (χ0v) is 28.6. The smallest absolute Gasteiger partial charge is 0.159 e. The highest BCUT2D eigenvalue weighted by Gasteiger charge is 2.18. The number of benzene rings is 5. The molecule has 0 aliphatic carbocycles. The Morgan fingerprint density at radius 2 is 1.19 bits per heavy atom. The van der Waals surface area contributed by atoms with Crippen molar-refractivity contribution in [2.45, 2.75) is 34.6 Å². The van der Waals surface area contributed by atoms with E-state index in [9.17, 15) is 9.59 Å². The number of ketones is 2. The summed E-state index contributed by atoms with van der Waals surface area (Å²) in [4.78, 5) is 22.9. The molecule has 0 aliphatic heterocycles. The Balaban J connectivity index is 0.000000189. The van der Waals surface area contributed by atoms with Gasteiger partial charge in [0.2, 0.25) is 0 Å². The number of nitrogens with zero attached hydrogens (tertiary/aromatic N) is 1. The summed E-state index contributed by atoms with van der Waals surface area (Å²) >= 11 is 11.7. The van der Waals surface area contributed by atoms with E-state index in [0.29, 0.717) is 5.56 Å². The van der Waals surface area contributed by atoms with E-state index in [2.05, 4.69) is 72.3 Å². The summed E-state index contributed by atoms with van der Waals surface area (Å²) in [5, 5.41) is 4.56. The molecular weight excluding hydrogens is 623 g/mol. The minimum Gasteiger partial charge on any atom is -0.355 e. The second kappa shape index (κ2) is 14.7. The van der Waals surface area contributed by atoms with Crippen LogP contribution < -0.4 is 5.32 Å². The fourth-order valence-electron chi connectivity index (χ4n) is 5.64. The normalized spacial score (nSPS) is 10.6. The maximum Gasteiger partial charge on any atom is 0.159 e. The summed E-state index contributed by atoms with van der Waals surface area (Å²) < 4.78 is 2.55. The van der Waals surface area contributed by atoms with Gasteiger partial charge in [0.1, 0.15) is 4.49 Å². The topological polar surface area (TPSA) is 51.1 Å². The van der Waals surface area contributed by atoms with Gasteiger partial charge in [-0.15, -0.1) is 0 Å². The van der Waals surface area contributed by atoms with Crippen molar-refractivity contribution in [2.24, 2.45) is 0 Å². The van der Waals surface area contributed by atoms with E-state index in [1.807, 2.05) is 67.6 Å². The molecule has 6 heteroatoms. The Hall–Kier alpha value is -4.90. The second-order valence-corrected chi connectivity index (χ2v) is 12.4. The van der Waals surface area contributed by atoms with Gasteiger partial charge in [-0.1, -0.05) is 83.9 Å². The van der Waals surface area contributed by atoms with Gasteiger partial charge in [0.25, 0.3) is 0 Å². The molecule has 0 saturated heterocycles. The third kappa shape index (κ3) is 7.41. The van der Waals surface area contributed by atoms with Crippen LogP contribution in [0.1, 0.15) is 58.2 Å². The molecule has 0 unspecified atom stereocenters. The van der Waals surface area contributed by atoms with Crippen LogP contribution in [0.4, 0.5) is 11.4 Å². The van der Waals surface area contributed by atoms with Crippen molar-refractivity contribution in [1.29, 1.82) is 0 Å². The number of allylic oxidation sites excluding steroid dienone is 1. The van der Waals surface area contributed by atoms with Gasteiger partial charge in [-0.05, 0) is 112 Å². The molecular formula is C41H36Cl2N2O2. The fourth-order valence-corrected chi connectivity index (χ4v) is 5.84. The Morgan fingerprint density at radius 3 is 1.81 bits per heavy atom. The van der Waals surface area contributed by atoms with Crippen LogP contribution in [-0.2, 0) is 0 Å². The van der Waals surface area contributed by atoms with Crippen molar-refractivity contribution in [3.8, 4) is 16.9 Å². The van der Waals surface area contributed by atoms with Crippen LogP contribution in [0.25, 0.3) is 33.4 Å². The predicted molar refractivity (Wildman–Crippen MR) is 199 cm³/mol. The largest absolute Gasteiger partial charge is 0.355 e. The van der Waals surface area contributed by atoms with Crippen molar-refractivity contribution in [3.63, 3.8) is 0 Å². The first kappa shape index (κ1) is 33.5. The van der Waals surface area contributed by atoms with E-state index < -0.39 is 0 Å². The number of carbonyl (C=O) groups is 2. The average molecular weight is 660 g/mol. The second-order valence-electron chi connectivity index (χ2n) is 11.4. The van der Waals surface area contributed by atoms with Crippen LogP contribution in [-0.4, -0.2) is 16.1 Å². The number of aromatic nitrogens is 1. The molecule has 47 heavy (non-hydrogen) atoms. The van der Waals surface area contributed by atoms with Gasteiger partial charge in [-0.3, -0.25) is 9.59 Å². The minimum absolute atomic E-state index is 0.0506. The molecule has 236 valence electrons. The molecule has 0 bridgehead atoms. The van der Waals surface area contributed by atoms with Crippen LogP contribution in [0.2, 0.25) is 0 Å². The molecule has 1 aromatic heterocycles. The number of fused-ring (bicyclic) bond motifs is 1. The van der Waals surface area contributed by atoms with Gasteiger partial charge in [0, 0.05) is 44.7 Å². The fraction of sp³-hybridized carbons (Fsp3) is 0.122. The molecule has 0 spiro atoms. The number of nitrogens with one attached hydrogen (secondary N) is 1. The van der Waals surface area contributed by atoms with E-state index in [1.165, 1.54) is 33.3 Å². The molecule has 6 aromatic rings. The van der Waals surface area contributed by atoms with Crippen LogP contribution in [0.15, 0.2) is 126 Å². The summed E-state index contributed by atoms with van der Waals surface area (Å²) in [5.74, 6) is 0.138. The Morgan fingerprint density at radius 1 is 0.638 bits per heavy atom. The van der Waals surface area contributed by atoms with Gasteiger partial charge in [0.15, 0.2) is 11.6 Å². The number of anilines is 2. The minimum atomic E-state index is 0.0506. The molecule has 6 rings (SSSR count). The lowest BCUT2D eigenvalue weighted by Gasteiger charge is -2.14. The summed E-state index contributed by atoms with van der Waals surface area (Å²) in [6, 6.07) is 39.9. The number of para-hydroxylation sites is 2. The summed E-state index contributed by atoms with van der Waals surface area (Å²) in [7, 11) is 0. The lowest BCUT2D eigenvalue weighted by atomic mass is 10.0. The molecule has 0 atom stereocenters. The zero-order valence-electron chi connectivity index (χ0n) is 27.1. The average Bonchev–Trinajstić information content (AvgIpc) is 3.37. The molecule has 0 amide bonds. The molecule has 4 nitrogen and oxygen atoms in total. The van der Waals surface area contributed by atoms with Crippen molar-refractivity contribution >= 4 is 62.6 Å². The predicted octanol–water partition coefficient (Wildman–Crippen LogP) is 11.9. The van der Waals surface area contributed by atoms with Gasteiger partial charge in [0.05, 0.1) is 11.2 Å². The quantitative estimate of drug-likeness (QED) is 0.174. The van der Waals surface area contributed by atoms with Gasteiger partial charge in [-0.25, -0.2) is 0 Å². The highest BCUT2D eigenvalue weighted by Crippen LogP contribution is 2.37. The number of carbonyl (C=O) groups excluding carboxylic acids is 2. The summed E-state index contributed by atoms with van der Waals surface area (Å²) in [6.07, 6.45) is 0. The van der Waals surface area contributed by atoms with E-state index in [4.69, 9.17) is 23.2 Å². The van der Waals surface area contributed by atoms with Crippen molar-refractivity contribution < 1.29 is 9.59 Å². The van der Waals surface area contributed by atoms with Crippen molar-refractivity contribution in [1.82, 2.24) is 4.57 Å². The maximum absolute atomic E-state index is 11.6. The molecule has 0 aliphatic rings. The van der Waals surface area contributed by atoms with Crippen LogP contribution in [0, 0.1) is 13.8 Å². The monoisotopic (exact) mass is 658 g/mol. The highest BCUT2D eigenvalue weighted by atomic mass is 35.5. The van der Waals surface area contributed by atoms with Crippen molar-refractivity contribution in [2.75, 3.05) is 5.32 Å². The number of hydrogen-bond acceptors (Lipinski definition) is 3. The number of rotatable bonds is 7. The number of hydrogen-bond donors (Lipinski definition) is 1. The zero-order chi connectivity index (χ0) is 33.7. The lowest BCUT2D eigenvalue weighted by Crippen LogP contribution is -2.00. The number of aryl methyl sites for hydroxylation is 2. The van der Waals surface area contributed by atoms with E-state index in [-0.39, 0.29) is 16.1 Å². The first-order chi connectivity index (χ1) is 22.6. The van der Waals surface area contributed by atoms with E-state index in [0.717, 1.165) is 33.8 Å². The molecule has 0 saturated carbocycles.